The molecule has 1 aromatic carbocycles. The predicted molar refractivity (Wildman–Crippen MR) is 73.1 cm³/mol. The third-order valence-corrected chi connectivity index (χ3v) is 4.20. The molecule has 2 rings (SSSR count). The zero-order valence-electron chi connectivity index (χ0n) is 10.4. The molecule has 0 aromatic heterocycles. The van der Waals surface area contributed by atoms with Gasteiger partial charge in [0.2, 0.25) is 0 Å². The van der Waals surface area contributed by atoms with Gasteiger partial charge < -0.3 is 5.32 Å². The molecule has 1 saturated carbocycles. The molecule has 0 spiro atoms. The van der Waals surface area contributed by atoms with E-state index in [4.69, 9.17) is 0 Å². The van der Waals surface area contributed by atoms with Crippen LogP contribution in [0.3, 0.4) is 0 Å². The average molecular weight is 314 g/mol. The van der Waals surface area contributed by atoms with Crippen molar-refractivity contribution in [2.45, 2.75) is 44.6 Å². The predicted octanol–water partition coefficient (Wildman–Crippen LogP) is 4.04. The number of hydrogen-bond acceptors (Lipinski definition) is 1. The molecule has 0 aliphatic heterocycles. The average Bonchev–Trinajstić information content (AvgIpc) is 2.33. The molecule has 1 aliphatic carbocycles. The van der Waals surface area contributed by atoms with Gasteiger partial charge >= 0.3 is 0 Å². The Bertz CT molecular complexity index is 455. The summed E-state index contributed by atoms with van der Waals surface area (Å²) in [4.78, 5) is 12.1. The van der Waals surface area contributed by atoms with Gasteiger partial charge in [-0.25, -0.2) is 4.39 Å². The maximum absolute atomic E-state index is 13.4. The number of carbonyl (C=O) groups is 1. The van der Waals surface area contributed by atoms with Gasteiger partial charge in [-0.15, -0.1) is 0 Å². The van der Waals surface area contributed by atoms with Gasteiger partial charge in [0, 0.05) is 11.1 Å². The third-order valence-electron chi connectivity index (χ3n) is 3.55. The summed E-state index contributed by atoms with van der Waals surface area (Å²) in [5.74, 6) is -0.595. The van der Waals surface area contributed by atoms with Crippen LogP contribution >= 0.6 is 15.9 Å². The summed E-state index contributed by atoms with van der Waals surface area (Å²) in [5, 5.41) is 3.04. The fourth-order valence-corrected chi connectivity index (χ4v) is 2.69. The first-order valence-corrected chi connectivity index (χ1v) is 7.07. The van der Waals surface area contributed by atoms with Crippen LogP contribution in [0.1, 0.15) is 49.4 Å². The normalized spacial score (nSPS) is 18.4. The van der Waals surface area contributed by atoms with Crippen LogP contribution in [0.25, 0.3) is 0 Å². The van der Waals surface area contributed by atoms with Crippen molar-refractivity contribution in [3.8, 4) is 0 Å². The van der Waals surface area contributed by atoms with Crippen LogP contribution in [0.4, 0.5) is 4.39 Å². The second kappa shape index (κ2) is 5.39. The topological polar surface area (TPSA) is 29.1 Å². The standard InChI is InChI=1S/C14H17BrFNO/c1-14(7-3-2-4-8-14)17-13(18)10-5-6-11(15)12(16)9-10/h5-6,9H,2-4,7-8H2,1H3,(H,17,18). The van der Waals surface area contributed by atoms with E-state index < -0.39 is 5.82 Å². The lowest BCUT2D eigenvalue weighted by Crippen LogP contribution is -2.47. The minimum Gasteiger partial charge on any atom is -0.347 e. The van der Waals surface area contributed by atoms with E-state index in [2.05, 4.69) is 28.2 Å². The van der Waals surface area contributed by atoms with Gasteiger partial charge in [0.05, 0.1) is 4.47 Å². The zero-order chi connectivity index (χ0) is 13.2. The summed E-state index contributed by atoms with van der Waals surface area (Å²) in [7, 11) is 0. The number of halogens is 2. The smallest absolute Gasteiger partial charge is 0.251 e. The van der Waals surface area contributed by atoms with Crippen molar-refractivity contribution in [1.82, 2.24) is 5.32 Å². The van der Waals surface area contributed by atoms with Crippen LogP contribution in [-0.2, 0) is 0 Å². The van der Waals surface area contributed by atoms with Crippen molar-refractivity contribution in [2.75, 3.05) is 0 Å². The molecular weight excluding hydrogens is 297 g/mol. The molecule has 0 atom stereocenters. The fourth-order valence-electron chi connectivity index (χ4n) is 2.44. The first-order valence-electron chi connectivity index (χ1n) is 6.28. The molecule has 0 saturated heterocycles. The van der Waals surface area contributed by atoms with Gasteiger partial charge in [-0.2, -0.15) is 0 Å². The number of benzene rings is 1. The van der Waals surface area contributed by atoms with E-state index in [0.29, 0.717) is 10.0 Å². The maximum atomic E-state index is 13.4. The summed E-state index contributed by atoms with van der Waals surface area (Å²) >= 11 is 3.08. The molecule has 0 bridgehead atoms. The Balaban J connectivity index is 2.09. The summed E-state index contributed by atoms with van der Waals surface area (Å²) in [6.07, 6.45) is 5.52. The summed E-state index contributed by atoms with van der Waals surface area (Å²) < 4.78 is 13.8. The van der Waals surface area contributed by atoms with E-state index in [9.17, 15) is 9.18 Å². The molecule has 98 valence electrons. The Morgan fingerprint density at radius 3 is 2.61 bits per heavy atom. The van der Waals surface area contributed by atoms with E-state index in [1.165, 1.54) is 12.5 Å². The Kier molecular flexibility index (Phi) is 4.05. The first kappa shape index (κ1) is 13.5. The molecule has 1 N–H and O–H groups in total. The molecule has 0 radical (unpaired) electrons. The van der Waals surface area contributed by atoms with Crippen molar-refractivity contribution < 1.29 is 9.18 Å². The number of hydrogen-bond donors (Lipinski definition) is 1. The van der Waals surface area contributed by atoms with Crippen LogP contribution in [0.2, 0.25) is 0 Å². The molecule has 0 heterocycles. The second-order valence-electron chi connectivity index (χ2n) is 5.20. The monoisotopic (exact) mass is 313 g/mol. The second-order valence-corrected chi connectivity index (χ2v) is 6.06. The van der Waals surface area contributed by atoms with Crippen LogP contribution < -0.4 is 5.32 Å². The molecular formula is C14H17BrFNO. The highest BCUT2D eigenvalue weighted by Gasteiger charge is 2.28. The zero-order valence-corrected chi connectivity index (χ0v) is 12.0. The Hall–Kier alpha value is -0.900. The lowest BCUT2D eigenvalue weighted by Gasteiger charge is -2.34. The van der Waals surface area contributed by atoms with E-state index in [-0.39, 0.29) is 11.4 Å². The first-order chi connectivity index (χ1) is 8.50. The largest absolute Gasteiger partial charge is 0.347 e. The van der Waals surface area contributed by atoms with Gasteiger partial charge in [-0.3, -0.25) is 4.79 Å². The van der Waals surface area contributed by atoms with Crippen molar-refractivity contribution in [1.29, 1.82) is 0 Å². The fraction of sp³-hybridized carbons (Fsp3) is 0.500. The molecule has 1 amide bonds. The maximum Gasteiger partial charge on any atom is 0.251 e. The summed E-state index contributed by atoms with van der Waals surface area (Å²) in [5.41, 5.74) is 0.237. The molecule has 4 heteroatoms. The minimum atomic E-state index is -0.406. The highest BCUT2D eigenvalue weighted by atomic mass is 79.9. The van der Waals surface area contributed by atoms with Crippen molar-refractivity contribution in [3.63, 3.8) is 0 Å². The van der Waals surface area contributed by atoms with Gasteiger partial charge in [-0.1, -0.05) is 19.3 Å². The van der Waals surface area contributed by atoms with Gasteiger partial charge in [0.15, 0.2) is 0 Å². The molecule has 1 aromatic rings. The SMILES string of the molecule is CC1(NC(=O)c2ccc(Br)c(F)c2)CCCCC1. The van der Waals surface area contributed by atoms with E-state index in [1.807, 2.05) is 0 Å². The number of carbonyl (C=O) groups excluding carboxylic acids is 1. The van der Waals surface area contributed by atoms with E-state index in [1.54, 1.807) is 12.1 Å². The molecule has 18 heavy (non-hydrogen) atoms. The summed E-state index contributed by atoms with van der Waals surface area (Å²) in [6.45, 7) is 2.07. The Morgan fingerprint density at radius 1 is 1.33 bits per heavy atom. The summed E-state index contributed by atoms with van der Waals surface area (Å²) in [6, 6.07) is 4.47. The number of nitrogens with one attached hydrogen (secondary N) is 1. The minimum absolute atomic E-state index is 0.140. The van der Waals surface area contributed by atoms with Gasteiger partial charge in [0.25, 0.3) is 5.91 Å². The Labute approximate surface area is 115 Å². The van der Waals surface area contributed by atoms with Crippen LogP contribution in [0.15, 0.2) is 22.7 Å². The van der Waals surface area contributed by atoms with Crippen LogP contribution in [-0.4, -0.2) is 11.4 Å². The van der Waals surface area contributed by atoms with Gasteiger partial charge in [0.1, 0.15) is 5.82 Å². The lowest BCUT2D eigenvalue weighted by molar-refractivity contribution is 0.0882. The van der Waals surface area contributed by atoms with Crippen molar-refractivity contribution in [3.05, 3.63) is 34.1 Å². The van der Waals surface area contributed by atoms with Gasteiger partial charge in [-0.05, 0) is 53.9 Å². The highest BCUT2D eigenvalue weighted by molar-refractivity contribution is 9.10. The van der Waals surface area contributed by atoms with Crippen LogP contribution in [0, 0.1) is 5.82 Å². The number of amides is 1. The molecule has 2 nitrogen and oxygen atoms in total. The van der Waals surface area contributed by atoms with Crippen LogP contribution in [0.5, 0.6) is 0 Å². The Morgan fingerprint density at radius 2 is 2.00 bits per heavy atom. The van der Waals surface area contributed by atoms with Crippen molar-refractivity contribution >= 4 is 21.8 Å². The molecule has 1 fully saturated rings. The lowest BCUT2D eigenvalue weighted by atomic mass is 9.83. The molecule has 1 aliphatic rings. The highest BCUT2D eigenvalue weighted by Crippen LogP contribution is 2.28. The van der Waals surface area contributed by atoms with E-state index in [0.717, 1.165) is 25.7 Å². The quantitative estimate of drug-likeness (QED) is 0.877. The van der Waals surface area contributed by atoms with E-state index >= 15 is 0 Å². The molecule has 0 unspecified atom stereocenters. The number of rotatable bonds is 2. The third kappa shape index (κ3) is 3.10. The van der Waals surface area contributed by atoms with Crippen molar-refractivity contribution in [2.24, 2.45) is 0 Å².